The Morgan fingerprint density at radius 2 is 1.73 bits per heavy atom. The smallest absolute Gasteiger partial charge is 0.231 e. The van der Waals surface area contributed by atoms with E-state index in [1.807, 2.05) is 73.7 Å². The Hall–Kier alpha value is -3.69. The zero-order valence-electron chi connectivity index (χ0n) is 20.6. The molecule has 190 valence electrons. The van der Waals surface area contributed by atoms with Crippen LogP contribution in [-0.4, -0.2) is 47.6 Å². The van der Waals surface area contributed by atoms with Crippen LogP contribution in [0.25, 0.3) is 22.6 Å². The van der Waals surface area contributed by atoms with Crippen molar-refractivity contribution in [2.24, 2.45) is 0 Å². The van der Waals surface area contributed by atoms with Crippen molar-refractivity contribution in [1.29, 1.82) is 0 Å². The SMILES string of the molecule is Cc1cccc(-c2[nH]c(C3CCN(S(=O)(=O)Cc4ccccc4)CC3)nc2-c2ccc3c(c2)OCO3)n1. The third kappa shape index (κ3) is 4.84. The number of rotatable bonds is 6. The van der Waals surface area contributed by atoms with E-state index in [4.69, 9.17) is 19.4 Å². The minimum atomic E-state index is -3.37. The molecular weight excluding hydrogens is 488 g/mol. The summed E-state index contributed by atoms with van der Waals surface area (Å²) in [5.74, 6) is 2.41. The van der Waals surface area contributed by atoms with Gasteiger partial charge in [0, 0.05) is 30.3 Å². The highest BCUT2D eigenvalue weighted by molar-refractivity contribution is 7.88. The number of ether oxygens (including phenoxy) is 2. The topological polar surface area (TPSA) is 97.4 Å². The molecule has 0 radical (unpaired) electrons. The van der Waals surface area contributed by atoms with Crippen molar-refractivity contribution in [2.45, 2.75) is 31.4 Å². The monoisotopic (exact) mass is 516 g/mol. The molecule has 0 amide bonds. The molecule has 1 saturated heterocycles. The van der Waals surface area contributed by atoms with E-state index in [1.165, 1.54) is 0 Å². The van der Waals surface area contributed by atoms with E-state index in [1.54, 1.807) is 4.31 Å². The normalized spacial score (nSPS) is 16.2. The number of nitrogens with one attached hydrogen (secondary N) is 1. The summed E-state index contributed by atoms with van der Waals surface area (Å²) in [4.78, 5) is 13.3. The number of pyridine rings is 1. The van der Waals surface area contributed by atoms with Gasteiger partial charge in [0.25, 0.3) is 0 Å². The molecule has 0 unspecified atom stereocenters. The van der Waals surface area contributed by atoms with Crippen LogP contribution in [0.15, 0.2) is 66.7 Å². The van der Waals surface area contributed by atoms with Gasteiger partial charge in [-0.15, -0.1) is 0 Å². The number of hydrogen-bond donors (Lipinski definition) is 1. The van der Waals surface area contributed by atoms with Crippen LogP contribution < -0.4 is 9.47 Å². The van der Waals surface area contributed by atoms with Gasteiger partial charge in [0.15, 0.2) is 11.5 Å². The maximum Gasteiger partial charge on any atom is 0.231 e. The van der Waals surface area contributed by atoms with Crippen molar-refractivity contribution in [1.82, 2.24) is 19.3 Å². The minimum absolute atomic E-state index is 0.0245. The van der Waals surface area contributed by atoms with Gasteiger partial charge >= 0.3 is 0 Å². The van der Waals surface area contributed by atoms with Gasteiger partial charge < -0.3 is 14.5 Å². The van der Waals surface area contributed by atoms with E-state index in [9.17, 15) is 8.42 Å². The summed E-state index contributed by atoms with van der Waals surface area (Å²) in [6.07, 6.45) is 1.39. The standard InChI is InChI=1S/C28H28N4O4S/c1-19-6-5-9-23(29-19)27-26(22-10-11-24-25(16-22)36-18-35-24)30-28(31-27)21-12-14-32(15-13-21)37(33,34)17-20-7-3-2-4-8-20/h2-11,16,21H,12-15,17-18H2,1H3,(H,30,31). The largest absolute Gasteiger partial charge is 0.454 e. The molecule has 0 bridgehead atoms. The Morgan fingerprint density at radius 3 is 2.51 bits per heavy atom. The van der Waals surface area contributed by atoms with Crippen LogP contribution in [0.4, 0.5) is 0 Å². The first-order valence-electron chi connectivity index (χ1n) is 12.4. The fourth-order valence-corrected chi connectivity index (χ4v) is 6.55. The van der Waals surface area contributed by atoms with E-state index in [0.29, 0.717) is 31.7 Å². The summed E-state index contributed by atoms with van der Waals surface area (Å²) in [6.45, 7) is 3.12. The highest BCUT2D eigenvalue weighted by Crippen LogP contribution is 2.39. The number of aromatic amines is 1. The van der Waals surface area contributed by atoms with Crippen LogP contribution in [0, 0.1) is 6.92 Å². The lowest BCUT2D eigenvalue weighted by atomic mass is 9.97. The number of hydrogen-bond acceptors (Lipinski definition) is 6. The van der Waals surface area contributed by atoms with Crippen LogP contribution in [0.3, 0.4) is 0 Å². The molecule has 0 atom stereocenters. The lowest BCUT2D eigenvalue weighted by Gasteiger charge is -2.30. The second-order valence-electron chi connectivity index (χ2n) is 9.49. The molecule has 9 heteroatoms. The Labute approximate surface area is 216 Å². The minimum Gasteiger partial charge on any atom is -0.454 e. The quantitative estimate of drug-likeness (QED) is 0.392. The second-order valence-corrected chi connectivity index (χ2v) is 11.5. The number of piperidine rings is 1. The number of aryl methyl sites for hydroxylation is 1. The van der Waals surface area contributed by atoms with Crippen LogP contribution in [0.5, 0.6) is 11.5 Å². The summed E-state index contributed by atoms with van der Waals surface area (Å²) in [7, 11) is -3.37. The first-order chi connectivity index (χ1) is 18.0. The molecule has 0 spiro atoms. The lowest BCUT2D eigenvalue weighted by molar-refractivity contribution is 0.174. The van der Waals surface area contributed by atoms with Crippen molar-refractivity contribution >= 4 is 10.0 Å². The van der Waals surface area contributed by atoms with Gasteiger partial charge in [-0.1, -0.05) is 36.4 Å². The Kier molecular flexibility index (Phi) is 6.18. The number of aromatic nitrogens is 3. The van der Waals surface area contributed by atoms with E-state index in [-0.39, 0.29) is 18.5 Å². The van der Waals surface area contributed by atoms with Gasteiger partial charge in [0.05, 0.1) is 22.8 Å². The average Bonchev–Trinajstić information content (AvgIpc) is 3.56. The number of H-pyrrole nitrogens is 1. The molecule has 4 aromatic rings. The third-order valence-electron chi connectivity index (χ3n) is 6.94. The van der Waals surface area contributed by atoms with Crippen molar-refractivity contribution in [3.05, 3.63) is 83.8 Å². The Balaban J connectivity index is 1.27. The van der Waals surface area contributed by atoms with Gasteiger partial charge in [-0.25, -0.2) is 17.7 Å². The van der Waals surface area contributed by atoms with Gasteiger partial charge in [0.1, 0.15) is 5.82 Å². The summed E-state index contributed by atoms with van der Waals surface area (Å²) < 4.78 is 38.7. The first kappa shape index (κ1) is 23.7. The van der Waals surface area contributed by atoms with E-state index < -0.39 is 10.0 Å². The first-order valence-corrected chi connectivity index (χ1v) is 14.0. The maximum atomic E-state index is 13.0. The Bertz CT molecular complexity index is 1530. The molecule has 6 rings (SSSR count). The summed E-state index contributed by atoms with van der Waals surface area (Å²) in [6, 6.07) is 21.1. The predicted octanol–water partition coefficient (Wildman–Crippen LogP) is 4.89. The van der Waals surface area contributed by atoms with E-state index >= 15 is 0 Å². The molecular formula is C28H28N4O4S. The van der Waals surface area contributed by atoms with Gasteiger partial charge in [-0.2, -0.15) is 0 Å². The highest BCUT2D eigenvalue weighted by Gasteiger charge is 2.31. The van der Waals surface area contributed by atoms with Crippen molar-refractivity contribution in [3.8, 4) is 34.1 Å². The van der Waals surface area contributed by atoms with Crippen LogP contribution in [0.2, 0.25) is 0 Å². The zero-order chi connectivity index (χ0) is 25.4. The number of nitrogens with zero attached hydrogens (tertiary/aromatic N) is 3. The fourth-order valence-electron chi connectivity index (χ4n) is 4.99. The third-order valence-corrected chi connectivity index (χ3v) is 8.79. The number of imidazole rings is 1. The molecule has 1 fully saturated rings. The molecule has 2 aromatic carbocycles. The Morgan fingerprint density at radius 1 is 0.946 bits per heavy atom. The fraction of sp³-hybridized carbons (Fsp3) is 0.286. The number of benzene rings is 2. The van der Waals surface area contributed by atoms with Gasteiger partial charge in [0.2, 0.25) is 16.8 Å². The summed E-state index contributed by atoms with van der Waals surface area (Å²) in [5.41, 5.74) is 5.09. The second kappa shape index (κ2) is 9.64. The lowest BCUT2D eigenvalue weighted by Crippen LogP contribution is -2.38. The average molecular weight is 517 g/mol. The van der Waals surface area contributed by atoms with Gasteiger partial charge in [-0.3, -0.25) is 4.98 Å². The van der Waals surface area contributed by atoms with Crippen molar-refractivity contribution in [2.75, 3.05) is 19.9 Å². The number of fused-ring (bicyclic) bond motifs is 1. The van der Waals surface area contributed by atoms with Crippen LogP contribution in [-0.2, 0) is 15.8 Å². The molecule has 0 saturated carbocycles. The molecule has 8 nitrogen and oxygen atoms in total. The molecule has 2 aliphatic heterocycles. The van der Waals surface area contributed by atoms with E-state index in [2.05, 4.69) is 4.98 Å². The zero-order valence-corrected chi connectivity index (χ0v) is 21.4. The highest BCUT2D eigenvalue weighted by atomic mass is 32.2. The van der Waals surface area contributed by atoms with Crippen molar-refractivity contribution in [3.63, 3.8) is 0 Å². The predicted molar refractivity (Wildman–Crippen MR) is 141 cm³/mol. The van der Waals surface area contributed by atoms with E-state index in [0.717, 1.165) is 45.5 Å². The van der Waals surface area contributed by atoms with Crippen molar-refractivity contribution < 1.29 is 17.9 Å². The molecule has 2 aromatic heterocycles. The maximum absolute atomic E-state index is 13.0. The molecule has 1 N–H and O–H groups in total. The summed E-state index contributed by atoms with van der Waals surface area (Å²) in [5, 5.41) is 0. The van der Waals surface area contributed by atoms with Crippen LogP contribution >= 0.6 is 0 Å². The van der Waals surface area contributed by atoms with Crippen LogP contribution in [0.1, 0.15) is 35.8 Å². The van der Waals surface area contributed by atoms with Gasteiger partial charge in [-0.05, 0) is 55.7 Å². The number of sulfonamides is 1. The molecule has 4 heterocycles. The molecule has 0 aliphatic carbocycles. The summed E-state index contributed by atoms with van der Waals surface area (Å²) >= 11 is 0. The molecule has 2 aliphatic rings. The molecule has 37 heavy (non-hydrogen) atoms.